The summed E-state index contributed by atoms with van der Waals surface area (Å²) in [4.78, 5) is 14.3. The van der Waals surface area contributed by atoms with E-state index in [2.05, 4.69) is 6.58 Å². The fourth-order valence-corrected chi connectivity index (χ4v) is 3.90. The molecule has 1 fully saturated rings. The number of anilines is 1. The summed E-state index contributed by atoms with van der Waals surface area (Å²) in [6.45, 7) is 4.10. The van der Waals surface area contributed by atoms with Crippen molar-refractivity contribution in [2.24, 2.45) is 0 Å². The molecule has 1 saturated heterocycles. The van der Waals surface area contributed by atoms with E-state index in [4.69, 9.17) is 4.74 Å². The molecular formula is C25H21F2NO2. The van der Waals surface area contributed by atoms with Crippen LogP contribution in [0.5, 0.6) is 0 Å². The van der Waals surface area contributed by atoms with Gasteiger partial charge in [0.05, 0.1) is 5.69 Å². The minimum atomic E-state index is -0.818. The number of amides is 1. The molecule has 0 N–H and O–H groups in total. The normalized spacial score (nSPS) is 18.7. The Labute approximate surface area is 174 Å². The van der Waals surface area contributed by atoms with Crippen LogP contribution in [-0.2, 0) is 10.3 Å². The summed E-state index contributed by atoms with van der Waals surface area (Å²) in [6, 6.07) is 19.9. The molecule has 1 amide bonds. The Hall–Kier alpha value is -3.47. The van der Waals surface area contributed by atoms with Crippen molar-refractivity contribution in [3.63, 3.8) is 0 Å². The Morgan fingerprint density at radius 3 is 2.40 bits per heavy atom. The first-order valence-electron chi connectivity index (χ1n) is 9.75. The molecule has 1 heterocycles. The summed E-state index contributed by atoms with van der Waals surface area (Å²) >= 11 is 0. The predicted molar refractivity (Wildman–Crippen MR) is 113 cm³/mol. The van der Waals surface area contributed by atoms with E-state index in [1.807, 2.05) is 30.3 Å². The summed E-state index contributed by atoms with van der Waals surface area (Å²) in [6.07, 6.45) is 2.08. The number of hydrogen-bond donors (Lipinski definition) is 0. The molecule has 0 bridgehead atoms. The second kappa shape index (κ2) is 8.11. The highest BCUT2D eigenvalue weighted by Crippen LogP contribution is 2.40. The van der Waals surface area contributed by atoms with Gasteiger partial charge in [-0.25, -0.2) is 13.6 Å². The molecule has 0 aliphatic carbocycles. The van der Waals surface area contributed by atoms with Crippen LogP contribution < -0.4 is 4.90 Å². The van der Waals surface area contributed by atoms with E-state index in [0.717, 1.165) is 5.56 Å². The average molecular weight is 405 g/mol. The zero-order chi connectivity index (χ0) is 21.1. The van der Waals surface area contributed by atoms with Gasteiger partial charge in [-0.15, -0.1) is 6.58 Å². The van der Waals surface area contributed by atoms with Gasteiger partial charge in [-0.1, -0.05) is 60.7 Å². The highest BCUT2D eigenvalue weighted by Gasteiger charge is 2.42. The lowest BCUT2D eigenvalue weighted by Crippen LogP contribution is -2.48. The Morgan fingerprint density at radius 1 is 1.00 bits per heavy atom. The molecule has 1 unspecified atom stereocenters. The number of hydrogen-bond acceptors (Lipinski definition) is 2. The van der Waals surface area contributed by atoms with Crippen LogP contribution in [0.2, 0.25) is 0 Å². The van der Waals surface area contributed by atoms with Gasteiger partial charge in [-0.3, -0.25) is 4.90 Å². The van der Waals surface area contributed by atoms with E-state index >= 15 is 4.39 Å². The zero-order valence-electron chi connectivity index (χ0n) is 16.4. The maximum atomic E-state index is 15.3. The minimum absolute atomic E-state index is 0.141. The molecule has 1 aliphatic rings. The summed E-state index contributed by atoms with van der Waals surface area (Å²) in [5.74, 6) is -0.939. The van der Waals surface area contributed by atoms with Gasteiger partial charge in [0.2, 0.25) is 0 Å². The van der Waals surface area contributed by atoms with Gasteiger partial charge in [-0.05, 0) is 29.3 Å². The van der Waals surface area contributed by atoms with Gasteiger partial charge in [0.25, 0.3) is 0 Å². The van der Waals surface area contributed by atoms with Crippen LogP contribution in [0.25, 0.3) is 11.1 Å². The van der Waals surface area contributed by atoms with Gasteiger partial charge in [-0.2, -0.15) is 0 Å². The monoisotopic (exact) mass is 405 g/mol. The van der Waals surface area contributed by atoms with Crippen molar-refractivity contribution < 1.29 is 18.3 Å². The SMILES string of the molecule is C=CCC1(c2ccccc2)CCN(c2cccc(-c3ccc(F)cc3)c2F)C(=O)O1. The smallest absolute Gasteiger partial charge is 0.415 e. The Balaban J connectivity index is 1.65. The lowest BCUT2D eigenvalue weighted by atomic mass is 9.85. The number of benzene rings is 3. The average Bonchev–Trinajstić information content (AvgIpc) is 2.76. The molecule has 0 spiro atoms. The van der Waals surface area contributed by atoms with Gasteiger partial charge >= 0.3 is 6.09 Å². The molecule has 30 heavy (non-hydrogen) atoms. The largest absolute Gasteiger partial charge is 0.437 e. The highest BCUT2D eigenvalue weighted by atomic mass is 19.1. The van der Waals surface area contributed by atoms with Crippen molar-refractivity contribution in [2.75, 3.05) is 11.4 Å². The number of carbonyl (C=O) groups is 1. The molecular weight excluding hydrogens is 384 g/mol. The second-order valence-corrected chi connectivity index (χ2v) is 7.27. The number of halogens is 2. The summed E-state index contributed by atoms with van der Waals surface area (Å²) in [7, 11) is 0. The maximum Gasteiger partial charge on any atom is 0.415 e. The van der Waals surface area contributed by atoms with Crippen LogP contribution in [-0.4, -0.2) is 12.6 Å². The third-order valence-electron chi connectivity index (χ3n) is 5.44. The maximum absolute atomic E-state index is 15.3. The topological polar surface area (TPSA) is 29.5 Å². The lowest BCUT2D eigenvalue weighted by molar-refractivity contribution is -0.00696. The summed E-state index contributed by atoms with van der Waals surface area (Å²) < 4.78 is 34.4. The number of nitrogens with zero attached hydrogens (tertiary/aromatic N) is 1. The first kappa shape index (κ1) is 19.8. The van der Waals surface area contributed by atoms with E-state index < -0.39 is 23.3 Å². The molecule has 5 heteroatoms. The molecule has 3 nitrogen and oxygen atoms in total. The second-order valence-electron chi connectivity index (χ2n) is 7.27. The van der Waals surface area contributed by atoms with Crippen LogP contribution >= 0.6 is 0 Å². The van der Waals surface area contributed by atoms with Crippen molar-refractivity contribution in [1.29, 1.82) is 0 Å². The molecule has 1 atom stereocenters. The van der Waals surface area contributed by atoms with E-state index in [-0.39, 0.29) is 5.69 Å². The molecule has 0 aromatic heterocycles. The lowest BCUT2D eigenvalue weighted by Gasteiger charge is -2.41. The van der Waals surface area contributed by atoms with Crippen LogP contribution in [0.1, 0.15) is 18.4 Å². The summed E-state index contributed by atoms with van der Waals surface area (Å²) in [5, 5.41) is 0. The molecule has 0 radical (unpaired) electrons. The standard InChI is InChI=1S/C25H21F2NO2/c1-2-15-25(19-7-4-3-5-8-19)16-17-28(24(29)30-25)22-10-6-9-21(23(22)27)18-11-13-20(26)14-12-18/h2-14H,1,15-17H2. The van der Waals surface area contributed by atoms with Gasteiger partial charge in [0.15, 0.2) is 5.82 Å². The zero-order valence-corrected chi connectivity index (χ0v) is 16.4. The summed E-state index contributed by atoms with van der Waals surface area (Å²) in [5.41, 5.74) is 1.04. The number of cyclic esters (lactones) is 1. The third-order valence-corrected chi connectivity index (χ3v) is 5.44. The Kier molecular flexibility index (Phi) is 5.36. The fraction of sp³-hybridized carbons (Fsp3) is 0.160. The van der Waals surface area contributed by atoms with E-state index in [1.165, 1.54) is 29.2 Å². The molecule has 0 saturated carbocycles. The quantitative estimate of drug-likeness (QED) is 0.457. The highest BCUT2D eigenvalue weighted by molar-refractivity contribution is 5.90. The number of carbonyl (C=O) groups excluding carboxylic acids is 1. The minimum Gasteiger partial charge on any atom is -0.437 e. The molecule has 3 aromatic carbocycles. The molecule has 3 aromatic rings. The van der Waals surface area contributed by atoms with Gasteiger partial charge < -0.3 is 4.74 Å². The van der Waals surface area contributed by atoms with Crippen LogP contribution in [0.4, 0.5) is 19.3 Å². The number of ether oxygens (including phenoxy) is 1. The van der Waals surface area contributed by atoms with E-state index in [0.29, 0.717) is 30.5 Å². The fourth-order valence-electron chi connectivity index (χ4n) is 3.90. The Morgan fingerprint density at radius 2 is 1.73 bits per heavy atom. The van der Waals surface area contributed by atoms with Crippen molar-refractivity contribution in [3.05, 3.63) is 103 Å². The van der Waals surface area contributed by atoms with Crippen molar-refractivity contribution >= 4 is 11.8 Å². The van der Waals surface area contributed by atoms with E-state index in [9.17, 15) is 9.18 Å². The van der Waals surface area contributed by atoms with Crippen LogP contribution in [0.15, 0.2) is 85.5 Å². The molecule has 152 valence electrons. The predicted octanol–water partition coefficient (Wildman–Crippen LogP) is 6.45. The van der Waals surface area contributed by atoms with Gasteiger partial charge in [0.1, 0.15) is 11.4 Å². The van der Waals surface area contributed by atoms with E-state index in [1.54, 1.807) is 24.3 Å². The van der Waals surface area contributed by atoms with Crippen LogP contribution in [0, 0.1) is 11.6 Å². The van der Waals surface area contributed by atoms with Gasteiger partial charge in [0, 0.05) is 24.9 Å². The third kappa shape index (κ3) is 3.59. The van der Waals surface area contributed by atoms with Crippen LogP contribution in [0.3, 0.4) is 0 Å². The Bertz CT molecular complexity index is 1070. The van der Waals surface area contributed by atoms with Crippen molar-refractivity contribution in [2.45, 2.75) is 18.4 Å². The van der Waals surface area contributed by atoms with Crippen molar-refractivity contribution in [1.82, 2.24) is 0 Å². The first-order chi connectivity index (χ1) is 14.5. The number of rotatable bonds is 5. The van der Waals surface area contributed by atoms with Crippen molar-refractivity contribution in [3.8, 4) is 11.1 Å². The molecule has 4 rings (SSSR count). The molecule has 1 aliphatic heterocycles. The first-order valence-corrected chi connectivity index (χ1v) is 9.75.